The fourth-order valence-electron chi connectivity index (χ4n) is 3.45. The number of halogens is 1. The maximum Gasteiger partial charge on any atom is 0.194 e. The van der Waals surface area contributed by atoms with Gasteiger partial charge in [0.1, 0.15) is 6.10 Å². The fraction of sp³-hybridized carbons (Fsp3) is 0.737. The molecule has 2 aliphatic rings. The van der Waals surface area contributed by atoms with E-state index in [1.54, 1.807) is 6.07 Å². The number of rotatable bonds is 7. The van der Waals surface area contributed by atoms with Gasteiger partial charge < -0.3 is 24.8 Å². The van der Waals surface area contributed by atoms with Crippen LogP contribution in [0.1, 0.15) is 43.6 Å². The molecule has 27 heavy (non-hydrogen) atoms. The predicted molar refractivity (Wildman–Crippen MR) is 110 cm³/mol. The molecule has 3 heterocycles. The summed E-state index contributed by atoms with van der Waals surface area (Å²) in [6.45, 7) is 6.59. The molecule has 8 heteroatoms. The van der Waals surface area contributed by atoms with Crippen LogP contribution < -0.4 is 5.32 Å². The van der Waals surface area contributed by atoms with E-state index in [4.69, 9.17) is 21.1 Å². The summed E-state index contributed by atoms with van der Waals surface area (Å²) in [5.41, 5.74) is 0. The molecule has 2 aliphatic heterocycles. The van der Waals surface area contributed by atoms with Crippen LogP contribution in [0.15, 0.2) is 17.1 Å². The molecule has 2 saturated heterocycles. The van der Waals surface area contributed by atoms with E-state index in [1.165, 1.54) is 11.3 Å². The highest BCUT2D eigenvalue weighted by molar-refractivity contribution is 7.16. The monoisotopic (exact) mass is 415 g/mol. The van der Waals surface area contributed by atoms with Crippen molar-refractivity contribution >= 4 is 28.9 Å². The minimum Gasteiger partial charge on any atom is -0.386 e. The van der Waals surface area contributed by atoms with E-state index in [0.717, 1.165) is 62.8 Å². The number of thiophene rings is 1. The smallest absolute Gasteiger partial charge is 0.194 e. The summed E-state index contributed by atoms with van der Waals surface area (Å²) >= 11 is 7.35. The van der Waals surface area contributed by atoms with Gasteiger partial charge >= 0.3 is 0 Å². The maximum atomic E-state index is 10.3. The van der Waals surface area contributed by atoms with Gasteiger partial charge in [0.2, 0.25) is 0 Å². The molecule has 0 bridgehead atoms. The van der Waals surface area contributed by atoms with Gasteiger partial charge in [-0.3, -0.25) is 4.99 Å². The number of aliphatic hydroxyl groups is 1. The van der Waals surface area contributed by atoms with Gasteiger partial charge in [0.15, 0.2) is 5.96 Å². The van der Waals surface area contributed by atoms with Gasteiger partial charge in [-0.25, -0.2) is 0 Å². The summed E-state index contributed by atoms with van der Waals surface area (Å²) in [7, 11) is 0. The van der Waals surface area contributed by atoms with Crippen molar-refractivity contribution in [3.63, 3.8) is 0 Å². The van der Waals surface area contributed by atoms with Crippen molar-refractivity contribution in [1.29, 1.82) is 0 Å². The second-order valence-corrected chi connectivity index (χ2v) is 8.75. The van der Waals surface area contributed by atoms with Crippen LogP contribution in [0.4, 0.5) is 0 Å². The molecule has 152 valence electrons. The minimum absolute atomic E-state index is 0.286. The third-order valence-electron chi connectivity index (χ3n) is 4.95. The molecular formula is C19H30ClN3O3S. The van der Waals surface area contributed by atoms with Crippen molar-refractivity contribution in [1.82, 2.24) is 10.2 Å². The third-order valence-corrected chi connectivity index (χ3v) is 6.29. The van der Waals surface area contributed by atoms with Gasteiger partial charge in [-0.05, 0) is 44.7 Å². The first-order valence-corrected chi connectivity index (χ1v) is 11.0. The number of nitrogens with one attached hydrogen (secondary N) is 1. The number of nitrogens with zero attached hydrogens (tertiary/aromatic N) is 2. The zero-order chi connectivity index (χ0) is 19.1. The van der Waals surface area contributed by atoms with Crippen molar-refractivity contribution in [3.05, 3.63) is 21.3 Å². The molecule has 0 radical (unpaired) electrons. The average molecular weight is 416 g/mol. The van der Waals surface area contributed by atoms with Crippen molar-refractivity contribution in [3.8, 4) is 0 Å². The summed E-state index contributed by atoms with van der Waals surface area (Å²) in [6.07, 6.45) is 4.21. The van der Waals surface area contributed by atoms with Crippen LogP contribution in [-0.2, 0) is 9.47 Å². The van der Waals surface area contributed by atoms with Crippen LogP contribution in [-0.4, -0.2) is 67.6 Å². The molecule has 2 atom stereocenters. The second kappa shape index (κ2) is 10.6. The van der Waals surface area contributed by atoms with Crippen LogP contribution in [0.5, 0.6) is 0 Å². The van der Waals surface area contributed by atoms with Crippen LogP contribution in [0, 0.1) is 0 Å². The molecule has 0 spiro atoms. The van der Waals surface area contributed by atoms with Crippen LogP contribution in [0.2, 0.25) is 4.34 Å². The third kappa shape index (κ3) is 6.32. The fourth-order valence-corrected chi connectivity index (χ4v) is 4.49. The molecule has 2 unspecified atom stereocenters. The van der Waals surface area contributed by atoms with E-state index in [-0.39, 0.29) is 6.10 Å². The van der Waals surface area contributed by atoms with Gasteiger partial charge in [0.25, 0.3) is 0 Å². The molecule has 1 aromatic rings. The molecular weight excluding hydrogens is 386 g/mol. The van der Waals surface area contributed by atoms with Crippen LogP contribution in [0.3, 0.4) is 0 Å². The largest absolute Gasteiger partial charge is 0.386 e. The van der Waals surface area contributed by atoms with Gasteiger partial charge in [-0.15, -0.1) is 11.3 Å². The van der Waals surface area contributed by atoms with Crippen LogP contribution in [0.25, 0.3) is 0 Å². The zero-order valence-corrected chi connectivity index (χ0v) is 17.5. The first-order valence-electron chi connectivity index (χ1n) is 9.85. The van der Waals surface area contributed by atoms with Gasteiger partial charge in [0.05, 0.1) is 29.7 Å². The van der Waals surface area contributed by atoms with E-state index >= 15 is 0 Å². The Morgan fingerprint density at radius 1 is 1.44 bits per heavy atom. The van der Waals surface area contributed by atoms with E-state index in [2.05, 4.69) is 22.1 Å². The van der Waals surface area contributed by atoms with Gasteiger partial charge in [-0.1, -0.05) is 11.6 Å². The summed E-state index contributed by atoms with van der Waals surface area (Å²) in [5.74, 6) is 0.858. The SMILES string of the molecule is CCNC(=NCC(O)c1ccc(Cl)s1)N1CCC(OCC2CCCO2)CC1. The number of guanidine groups is 1. The first kappa shape index (κ1) is 20.9. The molecule has 2 N–H and O–H groups in total. The number of hydrogen-bond donors (Lipinski definition) is 2. The summed E-state index contributed by atoms with van der Waals surface area (Å²) in [5, 5.41) is 13.7. The Labute approximate surface area is 170 Å². The normalized spacial score (nSPS) is 23.0. The minimum atomic E-state index is -0.622. The molecule has 2 fully saturated rings. The highest BCUT2D eigenvalue weighted by atomic mass is 35.5. The summed E-state index contributed by atoms with van der Waals surface area (Å²) in [4.78, 5) is 7.74. The van der Waals surface area contributed by atoms with E-state index < -0.39 is 6.10 Å². The lowest BCUT2D eigenvalue weighted by atomic mass is 10.1. The second-order valence-electron chi connectivity index (χ2n) is 7.01. The highest BCUT2D eigenvalue weighted by Crippen LogP contribution is 2.27. The number of hydrogen-bond acceptors (Lipinski definition) is 5. The van der Waals surface area contributed by atoms with Crippen molar-refractivity contribution in [2.75, 3.05) is 39.4 Å². The average Bonchev–Trinajstić information content (AvgIpc) is 3.35. The number of aliphatic imine (C=N–C) groups is 1. The predicted octanol–water partition coefficient (Wildman–Crippen LogP) is 3.06. The Morgan fingerprint density at radius 2 is 2.26 bits per heavy atom. The van der Waals surface area contributed by atoms with Crippen LogP contribution >= 0.6 is 22.9 Å². The Morgan fingerprint density at radius 3 is 2.89 bits per heavy atom. The molecule has 0 aromatic carbocycles. The first-order chi connectivity index (χ1) is 13.2. The molecule has 1 aromatic heterocycles. The summed E-state index contributed by atoms with van der Waals surface area (Å²) < 4.78 is 12.4. The lowest BCUT2D eigenvalue weighted by molar-refractivity contribution is -0.0367. The lowest BCUT2D eigenvalue weighted by Gasteiger charge is -2.34. The molecule has 6 nitrogen and oxygen atoms in total. The molecule has 0 amide bonds. The Bertz CT molecular complexity index is 599. The number of piperidine rings is 1. The number of likely N-dealkylation sites (tertiary alicyclic amines) is 1. The maximum absolute atomic E-state index is 10.3. The molecule has 3 rings (SSSR count). The number of ether oxygens (including phenoxy) is 2. The van der Waals surface area contributed by atoms with Crippen molar-refractivity contribution in [2.45, 2.75) is 50.9 Å². The van der Waals surface area contributed by atoms with Crippen molar-refractivity contribution < 1.29 is 14.6 Å². The zero-order valence-electron chi connectivity index (χ0n) is 15.9. The standard InChI is InChI=1S/C19H30ClN3O3S/c1-2-21-19(22-12-16(24)17-5-6-18(20)27-17)23-9-7-14(8-10-23)26-13-15-4-3-11-25-15/h5-6,14-16,24H,2-4,7-13H2,1H3,(H,21,22). The topological polar surface area (TPSA) is 66.3 Å². The van der Waals surface area contributed by atoms with Gasteiger partial charge in [0, 0.05) is 31.1 Å². The quantitative estimate of drug-likeness (QED) is 0.529. The van der Waals surface area contributed by atoms with E-state index in [9.17, 15) is 5.11 Å². The Hall–Kier alpha value is -0.860. The molecule has 0 saturated carbocycles. The highest BCUT2D eigenvalue weighted by Gasteiger charge is 2.24. The number of aliphatic hydroxyl groups excluding tert-OH is 1. The Balaban J connectivity index is 1.46. The lowest BCUT2D eigenvalue weighted by Crippen LogP contribution is -2.47. The van der Waals surface area contributed by atoms with E-state index in [1.807, 2.05) is 6.07 Å². The summed E-state index contributed by atoms with van der Waals surface area (Å²) in [6, 6.07) is 3.66. The van der Waals surface area contributed by atoms with Crippen molar-refractivity contribution in [2.24, 2.45) is 4.99 Å². The molecule has 0 aliphatic carbocycles. The Kier molecular flexibility index (Phi) is 8.21. The van der Waals surface area contributed by atoms with Gasteiger partial charge in [-0.2, -0.15) is 0 Å². The van der Waals surface area contributed by atoms with E-state index in [0.29, 0.717) is 23.6 Å².